The van der Waals surface area contributed by atoms with E-state index in [1.165, 1.54) is 25.8 Å². The molecule has 0 spiro atoms. The molecule has 1 aromatic heterocycles. The number of ether oxygens (including phenoxy) is 2. The van der Waals surface area contributed by atoms with Crippen molar-refractivity contribution in [1.29, 1.82) is 0 Å². The first-order valence-corrected chi connectivity index (χ1v) is 4.06. The molecule has 76 valence electrons. The van der Waals surface area contributed by atoms with Gasteiger partial charge in [0.15, 0.2) is 12.1 Å². The van der Waals surface area contributed by atoms with E-state index in [1.807, 2.05) is 6.92 Å². The van der Waals surface area contributed by atoms with Crippen LogP contribution in [0.15, 0.2) is 17.4 Å². The van der Waals surface area contributed by atoms with E-state index in [-0.39, 0.29) is 5.69 Å². The number of nitrogens with zero attached hydrogens (tertiary/aromatic N) is 3. The number of hydrogen-bond acceptors (Lipinski definition) is 5. The second-order valence-corrected chi connectivity index (χ2v) is 2.27. The van der Waals surface area contributed by atoms with Gasteiger partial charge in [-0.05, 0) is 13.0 Å². The Labute approximate surface area is 81.1 Å². The molecule has 0 unspecified atom stereocenters. The highest BCUT2D eigenvalue weighted by Crippen LogP contribution is 1.99. The second kappa shape index (κ2) is 5.00. The highest BCUT2D eigenvalue weighted by molar-refractivity contribution is 5.87. The first-order valence-electron chi connectivity index (χ1n) is 4.06. The van der Waals surface area contributed by atoms with Crippen LogP contribution in [0.2, 0.25) is 0 Å². The molecule has 0 saturated carbocycles. The van der Waals surface area contributed by atoms with Crippen molar-refractivity contribution in [2.75, 3.05) is 13.7 Å². The fourth-order valence-corrected chi connectivity index (χ4v) is 0.795. The molecule has 0 fully saturated rings. The zero-order chi connectivity index (χ0) is 10.4. The molecule has 1 aromatic rings. The van der Waals surface area contributed by atoms with E-state index in [1.54, 1.807) is 0 Å². The van der Waals surface area contributed by atoms with Crippen molar-refractivity contribution in [2.24, 2.45) is 5.10 Å². The lowest BCUT2D eigenvalue weighted by Crippen LogP contribution is -2.08. The molecule has 0 aliphatic heterocycles. The largest absolute Gasteiger partial charge is 0.482 e. The van der Waals surface area contributed by atoms with Crippen molar-refractivity contribution in [2.45, 2.75) is 6.92 Å². The van der Waals surface area contributed by atoms with E-state index in [2.05, 4.69) is 14.9 Å². The van der Waals surface area contributed by atoms with Crippen LogP contribution in [0.25, 0.3) is 0 Å². The number of methoxy groups -OCH3 is 1. The Morgan fingerprint density at radius 2 is 2.57 bits per heavy atom. The molecule has 0 bridgehead atoms. The van der Waals surface area contributed by atoms with Gasteiger partial charge in [0.25, 0.3) is 0 Å². The summed E-state index contributed by atoms with van der Waals surface area (Å²) >= 11 is 0. The minimum Gasteiger partial charge on any atom is -0.482 e. The van der Waals surface area contributed by atoms with Crippen LogP contribution in [0.4, 0.5) is 0 Å². The lowest BCUT2D eigenvalue weighted by molar-refractivity contribution is 0.0588. The van der Waals surface area contributed by atoms with Gasteiger partial charge in [-0.3, -0.25) is 0 Å². The molecular weight excluding hydrogens is 186 g/mol. The van der Waals surface area contributed by atoms with Gasteiger partial charge < -0.3 is 9.47 Å². The van der Waals surface area contributed by atoms with Crippen LogP contribution >= 0.6 is 0 Å². The first-order chi connectivity index (χ1) is 6.79. The van der Waals surface area contributed by atoms with Gasteiger partial charge in [-0.1, -0.05) is 0 Å². The summed E-state index contributed by atoms with van der Waals surface area (Å²) in [6.07, 6.45) is 2.68. The Bertz CT molecular complexity index is 332. The van der Waals surface area contributed by atoms with Gasteiger partial charge in [-0.25, -0.2) is 4.79 Å². The molecule has 14 heavy (non-hydrogen) atoms. The standard InChI is InChI=1S/C8H11N3O3/c1-3-14-6-10-11-7(4-5-9-11)8(12)13-2/h4-6H,3H2,1-2H3. The average molecular weight is 197 g/mol. The number of aromatic nitrogens is 2. The molecule has 0 aliphatic carbocycles. The van der Waals surface area contributed by atoms with E-state index in [0.29, 0.717) is 6.61 Å². The molecule has 6 heteroatoms. The van der Waals surface area contributed by atoms with E-state index >= 15 is 0 Å². The Kier molecular flexibility index (Phi) is 3.66. The van der Waals surface area contributed by atoms with Crippen LogP contribution in [0, 0.1) is 0 Å². The van der Waals surface area contributed by atoms with Gasteiger partial charge in [0.05, 0.1) is 19.9 Å². The van der Waals surface area contributed by atoms with Crippen LogP contribution in [-0.4, -0.2) is 36.0 Å². The van der Waals surface area contributed by atoms with Crippen LogP contribution in [0.1, 0.15) is 17.4 Å². The summed E-state index contributed by atoms with van der Waals surface area (Å²) < 4.78 is 9.40. The molecule has 1 rings (SSSR count). The van der Waals surface area contributed by atoms with Crippen molar-refractivity contribution in [1.82, 2.24) is 9.89 Å². The maximum absolute atomic E-state index is 11.1. The average Bonchev–Trinajstić information content (AvgIpc) is 2.65. The summed E-state index contributed by atoms with van der Waals surface area (Å²) in [5.74, 6) is -0.490. The summed E-state index contributed by atoms with van der Waals surface area (Å²) in [6.45, 7) is 2.34. The lowest BCUT2D eigenvalue weighted by atomic mass is 10.4. The molecule has 0 aliphatic rings. The quantitative estimate of drug-likeness (QED) is 0.400. The summed E-state index contributed by atoms with van der Waals surface area (Å²) in [7, 11) is 1.30. The fraction of sp³-hybridized carbons (Fsp3) is 0.375. The first kappa shape index (κ1) is 10.2. The number of hydrogen-bond donors (Lipinski definition) is 0. The second-order valence-electron chi connectivity index (χ2n) is 2.27. The van der Waals surface area contributed by atoms with Gasteiger partial charge in [0.2, 0.25) is 0 Å². The molecule has 0 atom stereocenters. The summed E-state index contributed by atoms with van der Waals surface area (Å²) in [4.78, 5) is 12.3. The molecular formula is C8H11N3O3. The van der Waals surface area contributed by atoms with E-state index in [4.69, 9.17) is 4.74 Å². The zero-order valence-electron chi connectivity index (χ0n) is 8.01. The van der Waals surface area contributed by atoms with E-state index < -0.39 is 5.97 Å². The third-order valence-electron chi connectivity index (χ3n) is 1.42. The van der Waals surface area contributed by atoms with Gasteiger partial charge in [-0.15, -0.1) is 9.89 Å². The monoisotopic (exact) mass is 197 g/mol. The summed E-state index contributed by atoms with van der Waals surface area (Å²) in [5.41, 5.74) is 0.253. The highest BCUT2D eigenvalue weighted by atomic mass is 16.5. The summed E-state index contributed by atoms with van der Waals surface area (Å²) in [6, 6.07) is 1.51. The van der Waals surface area contributed by atoms with Crippen molar-refractivity contribution < 1.29 is 14.3 Å². The number of carbonyl (C=O) groups is 1. The normalized spacial score (nSPS) is 10.4. The van der Waals surface area contributed by atoms with E-state index in [9.17, 15) is 4.79 Å². The Balaban J connectivity index is 2.77. The number of carbonyl (C=O) groups excluding carboxylic acids is 1. The highest BCUT2D eigenvalue weighted by Gasteiger charge is 2.10. The van der Waals surface area contributed by atoms with Crippen molar-refractivity contribution in [3.63, 3.8) is 0 Å². The van der Waals surface area contributed by atoms with Gasteiger partial charge in [0.1, 0.15) is 0 Å². The van der Waals surface area contributed by atoms with Crippen LogP contribution in [-0.2, 0) is 9.47 Å². The predicted molar refractivity (Wildman–Crippen MR) is 49.1 cm³/mol. The Morgan fingerprint density at radius 3 is 3.21 bits per heavy atom. The van der Waals surface area contributed by atoms with E-state index in [0.717, 1.165) is 4.79 Å². The van der Waals surface area contributed by atoms with Crippen molar-refractivity contribution >= 4 is 12.4 Å². The van der Waals surface area contributed by atoms with Gasteiger partial charge in [-0.2, -0.15) is 5.10 Å². The SMILES string of the molecule is CCOC=Nn1nccc1C(=O)OC. The van der Waals surface area contributed by atoms with Crippen molar-refractivity contribution in [3.8, 4) is 0 Å². The number of rotatable bonds is 4. The minimum absolute atomic E-state index is 0.253. The Morgan fingerprint density at radius 1 is 1.79 bits per heavy atom. The predicted octanol–water partition coefficient (Wildman–Crippen LogP) is 0.498. The lowest BCUT2D eigenvalue weighted by Gasteiger charge is -1.98. The molecule has 1 heterocycles. The molecule has 0 N–H and O–H groups in total. The minimum atomic E-state index is -0.490. The van der Waals surface area contributed by atoms with Gasteiger partial charge in [0, 0.05) is 0 Å². The summed E-state index contributed by atoms with van der Waals surface area (Å²) in [5, 5.41) is 7.58. The molecule has 0 aromatic carbocycles. The third-order valence-corrected chi connectivity index (χ3v) is 1.42. The molecule has 6 nitrogen and oxygen atoms in total. The molecule has 0 radical (unpaired) electrons. The van der Waals surface area contributed by atoms with Gasteiger partial charge >= 0.3 is 5.97 Å². The smallest absolute Gasteiger partial charge is 0.358 e. The maximum Gasteiger partial charge on any atom is 0.358 e. The fourth-order valence-electron chi connectivity index (χ4n) is 0.795. The van der Waals surface area contributed by atoms with Crippen LogP contribution in [0.3, 0.4) is 0 Å². The zero-order valence-corrected chi connectivity index (χ0v) is 8.01. The van der Waals surface area contributed by atoms with Crippen LogP contribution < -0.4 is 0 Å². The Hall–Kier alpha value is -1.85. The molecule has 0 saturated heterocycles. The van der Waals surface area contributed by atoms with Crippen LogP contribution in [0.5, 0.6) is 0 Å². The topological polar surface area (TPSA) is 65.7 Å². The van der Waals surface area contributed by atoms with Crippen molar-refractivity contribution in [3.05, 3.63) is 18.0 Å². The third kappa shape index (κ3) is 2.32. The number of esters is 1. The molecule has 0 amide bonds. The maximum atomic E-state index is 11.1.